The van der Waals surface area contributed by atoms with Gasteiger partial charge < -0.3 is 0 Å². The highest BCUT2D eigenvalue weighted by Gasteiger charge is 2.36. The summed E-state index contributed by atoms with van der Waals surface area (Å²) in [6.45, 7) is 7.25. The van der Waals surface area contributed by atoms with Gasteiger partial charge >= 0.3 is 0 Å². The summed E-state index contributed by atoms with van der Waals surface area (Å²) in [5.41, 5.74) is 3.75. The Kier molecular flexibility index (Phi) is 4.62. The van der Waals surface area contributed by atoms with Gasteiger partial charge in [0, 0.05) is 17.5 Å². The predicted octanol–water partition coefficient (Wildman–Crippen LogP) is 4.30. The first-order valence-electron chi connectivity index (χ1n) is 9.64. The molecule has 1 aliphatic carbocycles. The van der Waals surface area contributed by atoms with Crippen LogP contribution in [0, 0.1) is 0 Å². The van der Waals surface area contributed by atoms with Crippen LogP contribution in [0.25, 0.3) is 17.0 Å². The number of unbranched alkanes of at least 4 members (excludes halogenated alkanes) is 2. The highest BCUT2D eigenvalue weighted by Crippen LogP contribution is 2.40. The van der Waals surface area contributed by atoms with E-state index in [1.807, 2.05) is 17.0 Å². The summed E-state index contributed by atoms with van der Waals surface area (Å²) in [4.78, 5) is 18.6. The van der Waals surface area contributed by atoms with Gasteiger partial charge in [0.05, 0.1) is 11.3 Å². The van der Waals surface area contributed by atoms with Gasteiger partial charge in [0.2, 0.25) is 5.78 Å². The first-order chi connectivity index (χ1) is 13.0. The van der Waals surface area contributed by atoms with E-state index in [2.05, 4.69) is 39.0 Å². The molecule has 0 amide bonds. The number of hydrogen-bond donors (Lipinski definition) is 0. The molecule has 6 heteroatoms. The minimum atomic E-state index is -0.255. The van der Waals surface area contributed by atoms with Crippen LogP contribution in [-0.2, 0) is 18.4 Å². The number of benzene rings is 1. The minimum Gasteiger partial charge on any atom is -0.268 e. The molecule has 3 aromatic rings. The molecule has 142 valence electrons. The van der Waals surface area contributed by atoms with E-state index in [4.69, 9.17) is 10.1 Å². The Bertz CT molecular complexity index is 1060. The number of thioether (sulfide) groups is 1. The van der Waals surface area contributed by atoms with Crippen LogP contribution in [0.5, 0.6) is 0 Å². The second kappa shape index (κ2) is 6.82. The van der Waals surface area contributed by atoms with E-state index in [0.717, 1.165) is 54.2 Å². The molecule has 0 saturated carbocycles. The summed E-state index contributed by atoms with van der Waals surface area (Å²) >= 11 is 1.50. The molecule has 2 aromatic heterocycles. The van der Waals surface area contributed by atoms with Crippen molar-refractivity contribution in [2.45, 2.75) is 63.6 Å². The van der Waals surface area contributed by atoms with Crippen LogP contribution < -0.4 is 5.56 Å². The van der Waals surface area contributed by atoms with E-state index in [9.17, 15) is 4.79 Å². The smallest absolute Gasteiger partial charge is 0.265 e. The van der Waals surface area contributed by atoms with Gasteiger partial charge in [-0.05, 0) is 24.7 Å². The molecule has 1 aromatic carbocycles. The lowest BCUT2D eigenvalue weighted by Gasteiger charge is -2.32. The first-order valence-corrected chi connectivity index (χ1v) is 10.9. The zero-order valence-corrected chi connectivity index (χ0v) is 17.3. The molecule has 0 unspecified atom stereocenters. The number of aromatic nitrogens is 4. The van der Waals surface area contributed by atoms with Crippen molar-refractivity contribution in [3.63, 3.8) is 0 Å². The predicted molar refractivity (Wildman–Crippen MR) is 111 cm³/mol. The molecular formula is C21H26N4OS. The average Bonchev–Trinajstić information content (AvgIpc) is 2.99. The first kappa shape index (κ1) is 18.3. The largest absolute Gasteiger partial charge is 0.268 e. The quantitative estimate of drug-likeness (QED) is 0.487. The topological polar surface area (TPSA) is 52.2 Å². The Morgan fingerprint density at radius 3 is 2.74 bits per heavy atom. The van der Waals surface area contributed by atoms with Crippen LogP contribution >= 0.6 is 11.8 Å². The summed E-state index contributed by atoms with van der Waals surface area (Å²) in [7, 11) is 0. The van der Waals surface area contributed by atoms with Crippen molar-refractivity contribution in [3.05, 3.63) is 45.7 Å². The Balaban J connectivity index is 2.02. The van der Waals surface area contributed by atoms with Crippen LogP contribution in [-0.4, -0.2) is 25.4 Å². The maximum absolute atomic E-state index is 13.6. The zero-order valence-electron chi connectivity index (χ0n) is 16.5. The molecule has 0 radical (unpaired) electrons. The number of hydrogen-bond acceptors (Lipinski definition) is 4. The molecular weight excluding hydrogens is 356 g/mol. The van der Waals surface area contributed by atoms with E-state index < -0.39 is 0 Å². The Hall–Kier alpha value is -2.08. The normalized spacial score (nSPS) is 15.0. The van der Waals surface area contributed by atoms with E-state index >= 15 is 0 Å². The molecule has 0 spiro atoms. The molecule has 2 heterocycles. The minimum absolute atomic E-state index is 0.0283. The van der Waals surface area contributed by atoms with Crippen LogP contribution in [0.3, 0.4) is 0 Å². The van der Waals surface area contributed by atoms with Crippen LogP contribution in [0.15, 0.2) is 34.2 Å². The maximum atomic E-state index is 13.6. The molecule has 0 saturated heterocycles. The summed E-state index contributed by atoms with van der Waals surface area (Å²) in [6, 6.07) is 8.32. The molecule has 0 bridgehead atoms. The lowest BCUT2D eigenvalue weighted by molar-refractivity contribution is 0.505. The molecule has 0 aliphatic heterocycles. The highest BCUT2D eigenvalue weighted by atomic mass is 32.2. The van der Waals surface area contributed by atoms with Crippen molar-refractivity contribution in [1.29, 1.82) is 0 Å². The van der Waals surface area contributed by atoms with Gasteiger partial charge in [-0.15, -0.1) is 5.10 Å². The summed E-state index contributed by atoms with van der Waals surface area (Å²) in [6.07, 6.45) is 6.14. The molecule has 27 heavy (non-hydrogen) atoms. The van der Waals surface area contributed by atoms with Crippen LogP contribution in [0.2, 0.25) is 0 Å². The fourth-order valence-corrected chi connectivity index (χ4v) is 4.64. The van der Waals surface area contributed by atoms with Gasteiger partial charge in [0.25, 0.3) is 5.56 Å². The van der Waals surface area contributed by atoms with Crippen molar-refractivity contribution in [1.82, 2.24) is 19.2 Å². The second-order valence-electron chi connectivity index (χ2n) is 7.91. The average molecular weight is 383 g/mol. The summed E-state index contributed by atoms with van der Waals surface area (Å²) in [5, 5.41) is 5.41. The Morgan fingerprint density at radius 1 is 1.22 bits per heavy atom. The Morgan fingerprint density at radius 2 is 2.00 bits per heavy atom. The van der Waals surface area contributed by atoms with Gasteiger partial charge in [-0.2, -0.15) is 0 Å². The van der Waals surface area contributed by atoms with Crippen molar-refractivity contribution in [2.75, 3.05) is 6.26 Å². The third-order valence-corrected chi connectivity index (χ3v) is 6.06. The zero-order chi connectivity index (χ0) is 19.2. The van der Waals surface area contributed by atoms with Crippen LogP contribution in [0.4, 0.5) is 0 Å². The molecule has 1 aliphatic rings. The van der Waals surface area contributed by atoms with Gasteiger partial charge in [0.15, 0.2) is 5.16 Å². The SMILES string of the molecule is CCCCCn1nc(SC)n2c(=O)c3c(nc12)-c1ccccc1CC3(C)C. The van der Waals surface area contributed by atoms with Crippen LogP contribution in [0.1, 0.15) is 51.2 Å². The third-order valence-electron chi connectivity index (χ3n) is 5.43. The number of fused-ring (bicyclic) bond motifs is 4. The molecule has 5 nitrogen and oxygen atoms in total. The molecule has 0 fully saturated rings. The monoisotopic (exact) mass is 382 g/mol. The highest BCUT2D eigenvalue weighted by molar-refractivity contribution is 7.98. The van der Waals surface area contributed by atoms with Gasteiger partial charge in [0.1, 0.15) is 0 Å². The molecule has 4 rings (SSSR count). The lowest BCUT2D eigenvalue weighted by Crippen LogP contribution is -2.36. The van der Waals surface area contributed by atoms with E-state index in [1.165, 1.54) is 17.3 Å². The fourth-order valence-electron chi connectivity index (χ4n) is 4.12. The Labute approximate surface area is 163 Å². The molecule has 0 N–H and O–H groups in total. The van der Waals surface area contributed by atoms with E-state index in [1.54, 1.807) is 4.40 Å². The summed E-state index contributed by atoms with van der Waals surface area (Å²) in [5.74, 6) is 0.659. The van der Waals surface area contributed by atoms with Crippen molar-refractivity contribution < 1.29 is 0 Å². The maximum Gasteiger partial charge on any atom is 0.265 e. The standard InChI is InChI=1S/C21H26N4OS/c1-5-6-9-12-24-19-22-17-15-11-8-7-10-14(15)13-21(2,3)16(17)18(26)25(19)20(23-24)27-4/h7-8,10-11H,5-6,9,12-13H2,1-4H3. The van der Waals surface area contributed by atoms with Crippen molar-refractivity contribution >= 4 is 17.5 Å². The molecule has 0 atom stereocenters. The number of rotatable bonds is 5. The third kappa shape index (κ3) is 2.90. The van der Waals surface area contributed by atoms with Crippen molar-refractivity contribution in [3.8, 4) is 11.3 Å². The van der Waals surface area contributed by atoms with Crippen molar-refractivity contribution in [2.24, 2.45) is 0 Å². The number of nitrogens with zero attached hydrogens (tertiary/aromatic N) is 4. The van der Waals surface area contributed by atoms with Gasteiger partial charge in [-0.25, -0.2) is 14.1 Å². The van der Waals surface area contributed by atoms with Gasteiger partial charge in [-0.1, -0.05) is 69.6 Å². The van der Waals surface area contributed by atoms with E-state index in [-0.39, 0.29) is 11.0 Å². The van der Waals surface area contributed by atoms with E-state index in [0.29, 0.717) is 5.78 Å². The fraction of sp³-hybridized carbons (Fsp3) is 0.476. The second-order valence-corrected chi connectivity index (χ2v) is 8.68. The van der Waals surface area contributed by atoms with Gasteiger partial charge in [-0.3, -0.25) is 4.79 Å². The lowest BCUT2D eigenvalue weighted by atomic mass is 9.72. The number of aryl methyl sites for hydroxylation is 1. The summed E-state index contributed by atoms with van der Waals surface area (Å²) < 4.78 is 3.62.